The topological polar surface area (TPSA) is 51.4 Å². The molecule has 2 rings (SSSR count). The van der Waals surface area contributed by atoms with Crippen molar-refractivity contribution < 1.29 is 4.74 Å². The lowest BCUT2D eigenvalue weighted by Gasteiger charge is -2.31. The van der Waals surface area contributed by atoms with Crippen LogP contribution in [0, 0.1) is 0 Å². The minimum atomic E-state index is 0.393. The molecule has 1 fully saturated rings. The van der Waals surface area contributed by atoms with Crippen molar-refractivity contribution in [2.24, 2.45) is 0 Å². The van der Waals surface area contributed by atoms with Crippen LogP contribution in [0.3, 0.4) is 0 Å². The molecule has 0 aliphatic carbocycles. The number of thiazole rings is 1. The average Bonchev–Trinajstić information content (AvgIpc) is 2.64. The van der Waals surface area contributed by atoms with Gasteiger partial charge in [0.15, 0.2) is 5.13 Å². The fourth-order valence-electron chi connectivity index (χ4n) is 1.97. The number of aromatic nitrogens is 1. The molecule has 0 amide bonds. The molecule has 1 aromatic rings. The van der Waals surface area contributed by atoms with Gasteiger partial charge >= 0.3 is 0 Å². The number of piperidine rings is 1. The summed E-state index contributed by atoms with van der Waals surface area (Å²) in [6.07, 6.45) is 4.66. The molecule has 84 valence electrons. The van der Waals surface area contributed by atoms with E-state index in [2.05, 4.69) is 9.88 Å². The third-order valence-corrected chi connectivity index (χ3v) is 3.56. The molecular weight excluding hydrogens is 210 g/mol. The van der Waals surface area contributed by atoms with Crippen molar-refractivity contribution in [1.82, 2.24) is 9.88 Å². The maximum Gasteiger partial charge on any atom is 0.180 e. The van der Waals surface area contributed by atoms with Crippen LogP contribution >= 0.6 is 11.3 Å². The third kappa shape index (κ3) is 2.90. The molecule has 0 bridgehead atoms. The number of hydrogen-bond acceptors (Lipinski definition) is 5. The lowest BCUT2D eigenvalue weighted by atomic mass is 10.1. The largest absolute Gasteiger partial charge is 0.380 e. The molecule has 15 heavy (non-hydrogen) atoms. The van der Waals surface area contributed by atoms with E-state index >= 15 is 0 Å². The molecule has 1 aromatic heterocycles. The van der Waals surface area contributed by atoms with Crippen molar-refractivity contribution >= 4 is 16.5 Å². The second-order valence-electron chi connectivity index (χ2n) is 3.90. The third-order valence-electron chi connectivity index (χ3n) is 2.75. The van der Waals surface area contributed by atoms with Crippen LogP contribution in [0.15, 0.2) is 6.20 Å². The zero-order valence-electron chi connectivity index (χ0n) is 8.98. The molecule has 0 radical (unpaired) electrons. The average molecular weight is 227 g/mol. The standard InChI is InChI=1S/C10H17N3OS/c1-14-8-3-2-4-13(6-8)7-9-5-12-10(11)15-9/h5,8H,2-4,6-7H2,1H3,(H2,11,12). The fourth-order valence-corrected chi connectivity index (χ4v) is 2.69. The van der Waals surface area contributed by atoms with Gasteiger partial charge in [0.1, 0.15) is 0 Å². The molecule has 1 aliphatic heterocycles. The van der Waals surface area contributed by atoms with Crippen LogP contribution < -0.4 is 5.73 Å². The predicted molar refractivity (Wildman–Crippen MR) is 61.8 cm³/mol. The van der Waals surface area contributed by atoms with Gasteiger partial charge in [-0.15, -0.1) is 11.3 Å². The zero-order chi connectivity index (χ0) is 10.7. The smallest absolute Gasteiger partial charge is 0.180 e. The van der Waals surface area contributed by atoms with Gasteiger partial charge < -0.3 is 10.5 Å². The number of ether oxygens (including phenoxy) is 1. The van der Waals surface area contributed by atoms with Gasteiger partial charge in [0.2, 0.25) is 0 Å². The van der Waals surface area contributed by atoms with Gasteiger partial charge in [0.25, 0.3) is 0 Å². The molecular formula is C10H17N3OS. The van der Waals surface area contributed by atoms with E-state index in [0.717, 1.165) is 19.6 Å². The first-order valence-electron chi connectivity index (χ1n) is 5.23. The van der Waals surface area contributed by atoms with Crippen molar-refractivity contribution in [3.8, 4) is 0 Å². The van der Waals surface area contributed by atoms with Gasteiger partial charge in [-0.1, -0.05) is 0 Å². The van der Waals surface area contributed by atoms with Gasteiger partial charge in [-0.3, -0.25) is 4.90 Å². The molecule has 1 atom stereocenters. The fraction of sp³-hybridized carbons (Fsp3) is 0.700. The number of methoxy groups -OCH3 is 1. The maximum absolute atomic E-state index is 5.60. The lowest BCUT2D eigenvalue weighted by Crippen LogP contribution is -2.38. The van der Waals surface area contributed by atoms with Crippen molar-refractivity contribution in [3.63, 3.8) is 0 Å². The summed E-state index contributed by atoms with van der Waals surface area (Å²) < 4.78 is 5.39. The first-order valence-corrected chi connectivity index (χ1v) is 6.05. The normalized spacial score (nSPS) is 23.1. The van der Waals surface area contributed by atoms with E-state index in [4.69, 9.17) is 10.5 Å². The molecule has 2 heterocycles. The molecule has 4 nitrogen and oxygen atoms in total. The SMILES string of the molecule is COC1CCCN(Cc2cnc(N)s2)C1. The number of rotatable bonds is 3. The quantitative estimate of drug-likeness (QED) is 0.846. The van der Waals surface area contributed by atoms with E-state index in [1.54, 1.807) is 18.4 Å². The Morgan fingerprint density at radius 3 is 3.27 bits per heavy atom. The van der Waals surface area contributed by atoms with Crippen LogP contribution in [0.2, 0.25) is 0 Å². The first kappa shape index (κ1) is 10.9. The molecule has 0 saturated carbocycles. The van der Waals surface area contributed by atoms with Crippen molar-refractivity contribution in [2.45, 2.75) is 25.5 Å². The number of hydrogen-bond donors (Lipinski definition) is 1. The molecule has 1 saturated heterocycles. The summed E-state index contributed by atoms with van der Waals surface area (Å²) in [4.78, 5) is 7.71. The Morgan fingerprint density at radius 1 is 1.73 bits per heavy atom. The van der Waals surface area contributed by atoms with Crippen molar-refractivity contribution in [2.75, 3.05) is 25.9 Å². The maximum atomic E-state index is 5.60. The second kappa shape index (κ2) is 4.92. The summed E-state index contributed by atoms with van der Waals surface area (Å²) in [5.41, 5.74) is 5.60. The summed E-state index contributed by atoms with van der Waals surface area (Å²) in [5, 5.41) is 0.658. The van der Waals surface area contributed by atoms with Crippen LogP contribution in [-0.2, 0) is 11.3 Å². The van der Waals surface area contributed by atoms with Gasteiger partial charge in [0.05, 0.1) is 6.10 Å². The molecule has 5 heteroatoms. The molecule has 0 spiro atoms. The molecule has 1 aliphatic rings. The summed E-state index contributed by atoms with van der Waals surface area (Å²) >= 11 is 1.57. The van der Waals surface area contributed by atoms with Crippen LogP contribution in [-0.4, -0.2) is 36.2 Å². The van der Waals surface area contributed by atoms with Crippen LogP contribution in [0.1, 0.15) is 17.7 Å². The lowest BCUT2D eigenvalue weighted by molar-refractivity contribution is 0.0289. The zero-order valence-corrected chi connectivity index (χ0v) is 9.80. The number of nitrogens with zero attached hydrogens (tertiary/aromatic N) is 2. The van der Waals surface area contributed by atoms with Gasteiger partial charge in [-0.2, -0.15) is 0 Å². The van der Waals surface area contributed by atoms with Crippen LogP contribution in [0.4, 0.5) is 5.13 Å². The number of nitrogen functional groups attached to an aromatic ring is 1. The van der Waals surface area contributed by atoms with Gasteiger partial charge in [-0.25, -0.2) is 4.98 Å². The van der Waals surface area contributed by atoms with E-state index in [1.807, 2.05) is 6.20 Å². The summed E-state index contributed by atoms with van der Waals surface area (Å²) in [7, 11) is 1.79. The van der Waals surface area contributed by atoms with Crippen molar-refractivity contribution in [3.05, 3.63) is 11.1 Å². The summed E-state index contributed by atoms with van der Waals surface area (Å²) in [6.45, 7) is 3.13. The molecule has 0 aromatic carbocycles. The van der Waals surface area contributed by atoms with Gasteiger partial charge in [-0.05, 0) is 19.4 Å². The Kier molecular flexibility index (Phi) is 3.56. The van der Waals surface area contributed by atoms with E-state index in [9.17, 15) is 0 Å². The highest BCUT2D eigenvalue weighted by molar-refractivity contribution is 7.15. The number of nitrogens with two attached hydrogens (primary N) is 1. The van der Waals surface area contributed by atoms with Gasteiger partial charge in [0, 0.05) is 31.3 Å². The highest BCUT2D eigenvalue weighted by atomic mass is 32.1. The van der Waals surface area contributed by atoms with Crippen LogP contribution in [0.5, 0.6) is 0 Å². The highest BCUT2D eigenvalue weighted by Gasteiger charge is 2.19. The second-order valence-corrected chi connectivity index (χ2v) is 5.05. The Labute approximate surface area is 94.1 Å². The van der Waals surface area contributed by atoms with E-state index in [1.165, 1.54) is 17.7 Å². The molecule has 2 N–H and O–H groups in total. The Morgan fingerprint density at radius 2 is 2.60 bits per heavy atom. The van der Waals surface area contributed by atoms with E-state index < -0.39 is 0 Å². The Balaban J connectivity index is 1.88. The van der Waals surface area contributed by atoms with E-state index in [0.29, 0.717) is 11.2 Å². The first-order chi connectivity index (χ1) is 7.28. The Hall–Kier alpha value is -0.650. The predicted octanol–water partition coefficient (Wildman–Crippen LogP) is 1.34. The minimum Gasteiger partial charge on any atom is -0.380 e. The van der Waals surface area contributed by atoms with Crippen LogP contribution in [0.25, 0.3) is 0 Å². The summed E-state index contributed by atoms with van der Waals surface area (Å²) in [5.74, 6) is 0. The van der Waals surface area contributed by atoms with E-state index in [-0.39, 0.29) is 0 Å². The number of anilines is 1. The number of likely N-dealkylation sites (tertiary alicyclic amines) is 1. The monoisotopic (exact) mass is 227 g/mol. The summed E-state index contributed by atoms with van der Waals surface area (Å²) in [6, 6.07) is 0. The Bertz CT molecular complexity index is 315. The van der Waals surface area contributed by atoms with Crippen molar-refractivity contribution in [1.29, 1.82) is 0 Å². The minimum absolute atomic E-state index is 0.393. The molecule has 1 unspecified atom stereocenters. The highest BCUT2D eigenvalue weighted by Crippen LogP contribution is 2.20.